The molecule has 0 bridgehead atoms. The first-order chi connectivity index (χ1) is 9.29. The molecule has 2 aliphatic heterocycles. The summed E-state index contributed by atoms with van der Waals surface area (Å²) in [6.45, 7) is 2.23. The van der Waals surface area contributed by atoms with Crippen LogP contribution in [0.1, 0.15) is 37.5 Å². The molecule has 0 amide bonds. The predicted octanol–water partition coefficient (Wildman–Crippen LogP) is 1.49. The van der Waals surface area contributed by atoms with Gasteiger partial charge >= 0.3 is 0 Å². The van der Waals surface area contributed by atoms with Gasteiger partial charge in [-0.05, 0) is 31.6 Å². The molecule has 1 N–H and O–H groups in total. The Labute approximate surface area is 113 Å². The molecular formula is C14H20N2O3. The van der Waals surface area contributed by atoms with Crippen LogP contribution < -0.4 is 0 Å². The SMILES string of the molecule is OC(c1cnccn1)C1CCOC2(CCOCC2)C1. The first kappa shape index (κ1) is 13.0. The van der Waals surface area contributed by atoms with Crippen molar-refractivity contribution in [1.82, 2.24) is 9.97 Å². The maximum Gasteiger partial charge on any atom is 0.100 e. The largest absolute Gasteiger partial charge is 0.386 e. The molecule has 0 aromatic carbocycles. The average molecular weight is 264 g/mol. The average Bonchev–Trinajstić information content (AvgIpc) is 2.48. The number of aromatic nitrogens is 2. The summed E-state index contributed by atoms with van der Waals surface area (Å²) in [7, 11) is 0. The van der Waals surface area contributed by atoms with Gasteiger partial charge in [-0.25, -0.2) is 0 Å². The molecule has 2 saturated heterocycles. The number of hydrogen-bond acceptors (Lipinski definition) is 5. The Kier molecular flexibility index (Phi) is 3.77. The zero-order chi connectivity index (χ0) is 13.1. The van der Waals surface area contributed by atoms with E-state index in [0.29, 0.717) is 12.3 Å². The van der Waals surface area contributed by atoms with Crippen molar-refractivity contribution in [3.63, 3.8) is 0 Å². The molecule has 2 aliphatic rings. The van der Waals surface area contributed by atoms with E-state index < -0.39 is 6.10 Å². The number of rotatable bonds is 2. The summed E-state index contributed by atoms with van der Waals surface area (Å²) in [5.41, 5.74) is 0.571. The summed E-state index contributed by atoms with van der Waals surface area (Å²) in [6.07, 6.45) is 7.97. The molecule has 2 atom stereocenters. The third-order valence-corrected chi connectivity index (χ3v) is 4.27. The summed E-state index contributed by atoms with van der Waals surface area (Å²) in [6, 6.07) is 0. The lowest BCUT2D eigenvalue weighted by Gasteiger charge is -2.44. The highest BCUT2D eigenvalue weighted by Crippen LogP contribution is 2.41. The van der Waals surface area contributed by atoms with E-state index >= 15 is 0 Å². The van der Waals surface area contributed by atoms with Crippen LogP contribution in [-0.4, -0.2) is 40.5 Å². The fraction of sp³-hybridized carbons (Fsp3) is 0.714. The molecule has 0 aliphatic carbocycles. The topological polar surface area (TPSA) is 64.5 Å². The lowest BCUT2D eigenvalue weighted by atomic mass is 9.78. The molecule has 104 valence electrons. The van der Waals surface area contributed by atoms with E-state index in [9.17, 15) is 5.11 Å². The van der Waals surface area contributed by atoms with Gasteiger partial charge in [0.15, 0.2) is 0 Å². The van der Waals surface area contributed by atoms with Gasteiger partial charge in [-0.1, -0.05) is 0 Å². The van der Waals surface area contributed by atoms with E-state index in [-0.39, 0.29) is 11.5 Å². The minimum Gasteiger partial charge on any atom is -0.386 e. The van der Waals surface area contributed by atoms with Gasteiger partial charge < -0.3 is 14.6 Å². The molecule has 19 heavy (non-hydrogen) atoms. The summed E-state index contributed by atoms with van der Waals surface area (Å²) < 4.78 is 11.4. The second-order valence-electron chi connectivity index (χ2n) is 5.47. The van der Waals surface area contributed by atoms with Crippen molar-refractivity contribution >= 4 is 0 Å². The minimum absolute atomic E-state index is 0.0929. The number of aliphatic hydroxyl groups is 1. The Bertz CT molecular complexity index is 401. The molecule has 1 spiro atoms. The van der Waals surface area contributed by atoms with Crippen LogP contribution in [0.4, 0.5) is 0 Å². The van der Waals surface area contributed by atoms with Gasteiger partial charge in [0.1, 0.15) is 6.10 Å². The van der Waals surface area contributed by atoms with Crippen molar-refractivity contribution in [1.29, 1.82) is 0 Å². The van der Waals surface area contributed by atoms with Crippen LogP contribution in [0.5, 0.6) is 0 Å². The van der Waals surface area contributed by atoms with E-state index in [1.54, 1.807) is 18.6 Å². The number of ether oxygens (including phenoxy) is 2. The van der Waals surface area contributed by atoms with E-state index in [1.165, 1.54) is 0 Å². The van der Waals surface area contributed by atoms with Crippen LogP contribution in [-0.2, 0) is 9.47 Å². The van der Waals surface area contributed by atoms with Gasteiger partial charge in [0.2, 0.25) is 0 Å². The van der Waals surface area contributed by atoms with Gasteiger partial charge in [-0.2, -0.15) is 0 Å². The maximum absolute atomic E-state index is 10.5. The van der Waals surface area contributed by atoms with Crippen molar-refractivity contribution in [2.75, 3.05) is 19.8 Å². The fourth-order valence-corrected chi connectivity index (χ4v) is 3.13. The first-order valence-corrected chi connectivity index (χ1v) is 6.95. The van der Waals surface area contributed by atoms with E-state index in [2.05, 4.69) is 9.97 Å². The fourth-order valence-electron chi connectivity index (χ4n) is 3.13. The highest BCUT2D eigenvalue weighted by Gasteiger charge is 2.41. The molecule has 1 aromatic rings. The summed E-state index contributed by atoms with van der Waals surface area (Å²) >= 11 is 0. The van der Waals surface area contributed by atoms with Crippen molar-refractivity contribution in [3.05, 3.63) is 24.3 Å². The van der Waals surface area contributed by atoms with Gasteiger partial charge in [-0.15, -0.1) is 0 Å². The highest BCUT2D eigenvalue weighted by molar-refractivity contribution is 5.03. The first-order valence-electron chi connectivity index (χ1n) is 6.95. The van der Waals surface area contributed by atoms with Gasteiger partial charge in [0, 0.05) is 32.2 Å². The standard InChI is InChI=1S/C14H20N2O3/c17-13(12-10-15-4-5-16-12)11-1-6-19-14(9-11)2-7-18-8-3-14/h4-5,10-11,13,17H,1-3,6-9H2. The van der Waals surface area contributed by atoms with Crippen molar-refractivity contribution in [2.24, 2.45) is 5.92 Å². The lowest BCUT2D eigenvalue weighted by Crippen LogP contribution is -2.45. The third kappa shape index (κ3) is 2.78. The molecule has 3 rings (SSSR count). The quantitative estimate of drug-likeness (QED) is 0.876. The van der Waals surface area contributed by atoms with Crippen LogP contribution in [0, 0.1) is 5.92 Å². The maximum atomic E-state index is 10.5. The Morgan fingerprint density at radius 3 is 2.84 bits per heavy atom. The van der Waals surface area contributed by atoms with Gasteiger partial charge in [0.25, 0.3) is 0 Å². The number of hydrogen-bond donors (Lipinski definition) is 1. The molecule has 2 unspecified atom stereocenters. The Morgan fingerprint density at radius 1 is 1.26 bits per heavy atom. The molecule has 0 radical (unpaired) electrons. The predicted molar refractivity (Wildman–Crippen MR) is 68.5 cm³/mol. The third-order valence-electron chi connectivity index (χ3n) is 4.27. The van der Waals surface area contributed by atoms with E-state index in [1.807, 2.05) is 0 Å². The summed E-state index contributed by atoms with van der Waals surface area (Å²) in [4.78, 5) is 8.24. The van der Waals surface area contributed by atoms with Crippen LogP contribution in [0.15, 0.2) is 18.6 Å². The molecule has 1 aromatic heterocycles. The summed E-state index contributed by atoms with van der Waals surface area (Å²) in [5.74, 6) is 0.198. The van der Waals surface area contributed by atoms with Gasteiger partial charge in [0.05, 0.1) is 17.5 Å². The number of nitrogens with zero attached hydrogens (tertiary/aromatic N) is 2. The number of aliphatic hydroxyl groups excluding tert-OH is 1. The van der Waals surface area contributed by atoms with Crippen molar-refractivity contribution < 1.29 is 14.6 Å². The minimum atomic E-state index is -0.544. The highest BCUT2D eigenvalue weighted by atomic mass is 16.5. The molecule has 5 nitrogen and oxygen atoms in total. The van der Waals surface area contributed by atoms with Crippen molar-refractivity contribution in [2.45, 2.75) is 37.4 Å². The van der Waals surface area contributed by atoms with E-state index in [4.69, 9.17) is 9.47 Å². The normalized spacial score (nSPS) is 28.2. The summed E-state index contributed by atoms with van der Waals surface area (Å²) in [5, 5.41) is 10.5. The Hall–Kier alpha value is -1.04. The molecule has 3 heterocycles. The van der Waals surface area contributed by atoms with Crippen LogP contribution in [0.3, 0.4) is 0 Å². The van der Waals surface area contributed by atoms with Crippen molar-refractivity contribution in [3.8, 4) is 0 Å². The van der Waals surface area contributed by atoms with Crippen LogP contribution in [0.2, 0.25) is 0 Å². The van der Waals surface area contributed by atoms with E-state index in [0.717, 1.165) is 38.9 Å². The smallest absolute Gasteiger partial charge is 0.100 e. The molecule has 2 fully saturated rings. The second-order valence-corrected chi connectivity index (χ2v) is 5.47. The van der Waals surface area contributed by atoms with Crippen LogP contribution >= 0.6 is 0 Å². The second kappa shape index (κ2) is 5.53. The van der Waals surface area contributed by atoms with Crippen LogP contribution in [0.25, 0.3) is 0 Å². The molecule has 0 saturated carbocycles. The monoisotopic (exact) mass is 264 g/mol. The zero-order valence-corrected chi connectivity index (χ0v) is 11.0. The molecule has 5 heteroatoms. The Balaban J connectivity index is 1.71. The Morgan fingerprint density at radius 2 is 2.11 bits per heavy atom. The van der Waals surface area contributed by atoms with Gasteiger partial charge in [-0.3, -0.25) is 9.97 Å². The lowest BCUT2D eigenvalue weighted by molar-refractivity contribution is -0.159. The molecular weight excluding hydrogens is 244 g/mol. The zero-order valence-electron chi connectivity index (χ0n) is 11.0.